The van der Waals surface area contributed by atoms with Crippen molar-refractivity contribution in [3.8, 4) is 6.07 Å². The molecule has 0 amide bonds. The molecule has 1 heterocycles. The molecule has 5 nitrogen and oxygen atoms in total. The molecule has 4 aliphatic carbocycles. The lowest BCUT2D eigenvalue weighted by Gasteiger charge is -2.55. The molecule has 0 bridgehead atoms. The van der Waals surface area contributed by atoms with E-state index in [1.807, 2.05) is 0 Å². The van der Waals surface area contributed by atoms with E-state index in [1.54, 1.807) is 0 Å². The molecule has 0 radical (unpaired) electrons. The Morgan fingerprint density at radius 3 is 2.47 bits per heavy atom. The van der Waals surface area contributed by atoms with Crippen LogP contribution in [0.2, 0.25) is 19.6 Å². The van der Waals surface area contributed by atoms with E-state index < -0.39 is 19.5 Å². The van der Waals surface area contributed by atoms with Gasteiger partial charge in [0.25, 0.3) is 0 Å². The SMILES string of the molecule is Cc1c(C2OCCO2)cccc1C1CCCC2=C3CC[C@@]4(C)[C@@H](CC[C@@]4(C#N)O[Si](C)(C)C)[C@@H]3CC[C@]21O. The second-order valence-electron chi connectivity index (χ2n) is 13.9. The lowest BCUT2D eigenvalue weighted by atomic mass is 9.52. The van der Waals surface area contributed by atoms with Gasteiger partial charge in [-0.25, -0.2) is 0 Å². The zero-order valence-corrected chi connectivity index (χ0v) is 24.9. The summed E-state index contributed by atoms with van der Waals surface area (Å²) >= 11 is 0. The van der Waals surface area contributed by atoms with Crippen molar-refractivity contribution < 1.29 is 19.0 Å². The van der Waals surface area contributed by atoms with Crippen LogP contribution in [0.15, 0.2) is 29.3 Å². The van der Waals surface area contributed by atoms with Crippen molar-refractivity contribution in [2.75, 3.05) is 13.2 Å². The van der Waals surface area contributed by atoms with E-state index in [9.17, 15) is 10.4 Å². The molecule has 1 unspecified atom stereocenters. The Bertz CT molecular complexity index is 1180. The third kappa shape index (κ3) is 3.91. The van der Waals surface area contributed by atoms with Gasteiger partial charge in [0.15, 0.2) is 14.6 Å². The summed E-state index contributed by atoms with van der Waals surface area (Å²) in [4.78, 5) is 0. The molecule has 0 spiro atoms. The van der Waals surface area contributed by atoms with Crippen molar-refractivity contribution in [1.82, 2.24) is 0 Å². The monoisotopic (exact) mass is 535 g/mol. The van der Waals surface area contributed by atoms with E-state index in [0.29, 0.717) is 25.0 Å². The number of nitrogens with zero attached hydrogens (tertiary/aromatic N) is 1. The van der Waals surface area contributed by atoms with Crippen molar-refractivity contribution in [3.63, 3.8) is 0 Å². The number of ether oxygens (including phenoxy) is 2. The highest BCUT2D eigenvalue weighted by molar-refractivity contribution is 6.69. The Hall–Kier alpha value is -1.49. The fourth-order valence-corrected chi connectivity index (χ4v) is 10.7. The lowest BCUT2D eigenvalue weighted by Crippen LogP contribution is -2.55. The first kappa shape index (κ1) is 26.7. The van der Waals surface area contributed by atoms with Crippen LogP contribution in [0, 0.1) is 35.5 Å². The number of benzene rings is 1. The van der Waals surface area contributed by atoms with E-state index in [2.05, 4.69) is 57.8 Å². The summed E-state index contributed by atoms with van der Waals surface area (Å²) in [5.74, 6) is 1.03. The van der Waals surface area contributed by atoms with Gasteiger partial charge in [-0.15, -0.1) is 0 Å². The fourth-order valence-electron chi connectivity index (χ4n) is 9.31. The molecular weight excluding hydrogens is 490 g/mol. The predicted octanol–water partition coefficient (Wildman–Crippen LogP) is 7.07. The summed E-state index contributed by atoms with van der Waals surface area (Å²) in [5, 5.41) is 23.0. The molecule has 6 rings (SSSR count). The third-order valence-electron chi connectivity index (χ3n) is 11.0. The van der Waals surface area contributed by atoms with Crippen LogP contribution in [0.5, 0.6) is 0 Å². The highest BCUT2D eigenvalue weighted by Gasteiger charge is 2.64. The molecule has 1 aromatic rings. The average molecular weight is 536 g/mol. The maximum Gasteiger partial charge on any atom is 0.185 e. The molecule has 1 N–H and O–H groups in total. The minimum Gasteiger partial charge on any atom is -0.399 e. The molecule has 206 valence electrons. The van der Waals surface area contributed by atoms with Gasteiger partial charge in [0, 0.05) is 16.9 Å². The predicted molar refractivity (Wildman–Crippen MR) is 150 cm³/mol. The van der Waals surface area contributed by atoms with E-state index >= 15 is 0 Å². The van der Waals surface area contributed by atoms with Crippen LogP contribution in [0.3, 0.4) is 0 Å². The topological polar surface area (TPSA) is 71.7 Å². The van der Waals surface area contributed by atoms with Gasteiger partial charge in [-0.1, -0.05) is 30.7 Å². The van der Waals surface area contributed by atoms with Gasteiger partial charge in [0.2, 0.25) is 0 Å². The number of rotatable bonds is 4. The number of fused-ring (bicyclic) bond motifs is 4. The van der Waals surface area contributed by atoms with Gasteiger partial charge in [-0.2, -0.15) is 5.26 Å². The van der Waals surface area contributed by atoms with E-state index in [1.165, 1.54) is 22.3 Å². The summed E-state index contributed by atoms with van der Waals surface area (Å²) < 4.78 is 18.4. The zero-order chi connectivity index (χ0) is 26.9. The summed E-state index contributed by atoms with van der Waals surface area (Å²) in [6.45, 7) is 12.4. The second-order valence-corrected chi connectivity index (χ2v) is 18.3. The van der Waals surface area contributed by atoms with Crippen LogP contribution >= 0.6 is 0 Å². The largest absolute Gasteiger partial charge is 0.399 e. The molecule has 1 saturated heterocycles. The molecule has 0 aromatic heterocycles. The average Bonchev–Trinajstić information content (AvgIpc) is 3.50. The Morgan fingerprint density at radius 2 is 1.76 bits per heavy atom. The van der Waals surface area contributed by atoms with Gasteiger partial charge in [0.05, 0.1) is 24.9 Å². The number of hydrogen-bond acceptors (Lipinski definition) is 5. The van der Waals surface area contributed by atoms with E-state index in [0.717, 1.165) is 63.4 Å². The van der Waals surface area contributed by atoms with Crippen LogP contribution in [-0.2, 0) is 13.9 Å². The fraction of sp³-hybridized carbons (Fsp3) is 0.719. The summed E-state index contributed by atoms with van der Waals surface area (Å²) in [7, 11) is -1.88. The second kappa shape index (κ2) is 9.28. The Balaban J connectivity index is 1.35. The van der Waals surface area contributed by atoms with Gasteiger partial charge in [-0.05, 0) is 113 Å². The summed E-state index contributed by atoms with van der Waals surface area (Å²) in [6.07, 6.45) is 8.53. The standard InChI is InChI=1S/C32H45NO4Si/c1-21-22(8-6-9-23(21)29-35-18-19-36-29)27-10-7-11-28-25-12-15-30(2)26(24(25)13-17-32(27,28)34)14-16-31(30,20-33)37-38(3,4)5/h6,8-9,24,26-27,29,34H,7,10-19H2,1-5H3/t24-,26+,27?,30+,31+,32-/m1/s1. The first-order valence-electron chi connectivity index (χ1n) is 14.9. The maximum atomic E-state index is 12.5. The number of aliphatic hydroxyl groups is 1. The molecule has 6 heteroatoms. The van der Waals surface area contributed by atoms with Gasteiger partial charge in [-0.3, -0.25) is 0 Å². The Kier molecular flexibility index (Phi) is 6.52. The quantitative estimate of drug-likeness (QED) is 0.330. The molecule has 1 aliphatic heterocycles. The Morgan fingerprint density at radius 1 is 1.03 bits per heavy atom. The molecule has 5 aliphatic rings. The maximum absolute atomic E-state index is 12.5. The van der Waals surface area contributed by atoms with Crippen molar-refractivity contribution in [3.05, 3.63) is 46.0 Å². The molecular formula is C32H45NO4Si. The van der Waals surface area contributed by atoms with Crippen LogP contribution in [0.25, 0.3) is 0 Å². The first-order valence-corrected chi connectivity index (χ1v) is 18.3. The molecule has 1 aromatic carbocycles. The highest BCUT2D eigenvalue weighted by atomic mass is 28.4. The van der Waals surface area contributed by atoms with Crippen molar-refractivity contribution in [2.24, 2.45) is 17.3 Å². The zero-order valence-electron chi connectivity index (χ0n) is 23.9. The van der Waals surface area contributed by atoms with E-state index in [-0.39, 0.29) is 17.6 Å². The van der Waals surface area contributed by atoms with Gasteiger partial charge in [0.1, 0.15) is 5.60 Å². The molecule has 3 saturated carbocycles. The van der Waals surface area contributed by atoms with Gasteiger partial charge >= 0.3 is 0 Å². The molecule has 6 atom stereocenters. The smallest absolute Gasteiger partial charge is 0.185 e. The summed E-state index contributed by atoms with van der Waals surface area (Å²) in [6, 6.07) is 9.17. The molecule has 4 fully saturated rings. The third-order valence-corrected chi connectivity index (χ3v) is 11.9. The minimum atomic E-state index is -1.88. The molecule has 38 heavy (non-hydrogen) atoms. The summed E-state index contributed by atoms with van der Waals surface area (Å²) in [5.41, 5.74) is 4.88. The van der Waals surface area contributed by atoms with Crippen LogP contribution in [-0.4, -0.2) is 37.8 Å². The van der Waals surface area contributed by atoms with E-state index in [4.69, 9.17) is 13.9 Å². The number of allylic oxidation sites excluding steroid dienone is 1. The normalized spacial score (nSPS) is 39.4. The minimum absolute atomic E-state index is 0.103. The number of hydrogen-bond donors (Lipinski definition) is 1. The van der Waals surface area contributed by atoms with Crippen molar-refractivity contribution >= 4 is 8.32 Å². The van der Waals surface area contributed by atoms with Crippen molar-refractivity contribution in [1.29, 1.82) is 5.26 Å². The van der Waals surface area contributed by atoms with Crippen LogP contribution in [0.1, 0.15) is 93.6 Å². The van der Waals surface area contributed by atoms with Crippen LogP contribution in [0.4, 0.5) is 0 Å². The van der Waals surface area contributed by atoms with Crippen LogP contribution < -0.4 is 0 Å². The Labute approximate surface area is 229 Å². The highest BCUT2D eigenvalue weighted by Crippen LogP contribution is 2.66. The number of nitriles is 1. The first-order chi connectivity index (χ1) is 18.0. The van der Waals surface area contributed by atoms with Crippen molar-refractivity contribution in [2.45, 2.75) is 115 Å². The van der Waals surface area contributed by atoms with Gasteiger partial charge < -0.3 is 19.0 Å². The lowest BCUT2D eigenvalue weighted by molar-refractivity contribution is -0.0510.